The van der Waals surface area contributed by atoms with Crippen LogP contribution in [-0.2, 0) is 16.6 Å². The fourth-order valence-corrected chi connectivity index (χ4v) is 5.27. The van der Waals surface area contributed by atoms with E-state index in [1.807, 2.05) is 42.8 Å². The summed E-state index contributed by atoms with van der Waals surface area (Å²) in [7, 11) is -1.26. The zero-order chi connectivity index (χ0) is 29.1. The van der Waals surface area contributed by atoms with Gasteiger partial charge in [-0.1, -0.05) is 18.2 Å². The van der Waals surface area contributed by atoms with Gasteiger partial charge in [0.2, 0.25) is 5.88 Å². The normalized spacial score (nSPS) is 11.3. The lowest BCUT2D eigenvalue weighted by atomic mass is 10.0. The standard InChI is InChI=1S/C28H27N7O5S/c1-5-35-17(2)22(16-29-35)24-14-21(20-8-6-7-9-23(20)31-24)27(36)30-18-10-12-19(13-11-18)41(37,38)34-25-15-26(39-3)33-28(32-25)40-4/h6-16H,5H2,1-4H3,(H,30,36)(H,32,33,34). The Balaban J connectivity index is 1.40. The molecule has 1 amide bonds. The highest BCUT2D eigenvalue weighted by molar-refractivity contribution is 7.92. The number of benzene rings is 2. The fourth-order valence-electron chi connectivity index (χ4n) is 4.28. The van der Waals surface area contributed by atoms with Gasteiger partial charge in [-0.25, -0.2) is 13.4 Å². The molecule has 0 bridgehead atoms. The number of aryl methyl sites for hydroxylation is 1. The number of hydrogen-bond donors (Lipinski definition) is 2. The molecule has 0 aliphatic rings. The van der Waals surface area contributed by atoms with Crippen LogP contribution in [0.1, 0.15) is 23.0 Å². The van der Waals surface area contributed by atoms with Crippen molar-refractivity contribution in [3.8, 4) is 23.1 Å². The Morgan fingerprint density at radius 2 is 1.73 bits per heavy atom. The minimum Gasteiger partial charge on any atom is -0.481 e. The maximum Gasteiger partial charge on any atom is 0.321 e. The van der Waals surface area contributed by atoms with Crippen molar-refractivity contribution in [3.05, 3.63) is 78.1 Å². The van der Waals surface area contributed by atoms with E-state index in [0.717, 1.165) is 17.8 Å². The van der Waals surface area contributed by atoms with Gasteiger partial charge in [0, 0.05) is 34.9 Å². The molecule has 210 valence electrons. The molecule has 41 heavy (non-hydrogen) atoms. The summed E-state index contributed by atoms with van der Waals surface area (Å²) in [4.78, 5) is 26.2. The SMILES string of the molecule is CCn1ncc(-c2cc(C(=O)Nc3ccc(S(=O)(=O)Nc4cc(OC)nc(OC)n4)cc3)c3ccccc3n2)c1C. The number of amides is 1. The van der Waals surface area contributed by atoms with Crippen LogP contribution in [0.25, 0.3) is 22.2 Å². The molecule has 2 N–H and O–H groups in total. The van der Waals surface area contributed by atoms with Crippen molar-refractivity contribution in [3.63, 3.8) is 0 Å². The molecule has 13 heteroatoms. The Hall–Kier alpha value is -5.04. The molecule has 0 spiro atoms. The number of fused-ring (bicyclic) bond motifs is 1. The van der Waals surface area contributed by atoms with Crippen LogP contribution in [-0.4, -0.2) is 53.3 Å². The van der Waals surface area contributed by atoms with E-state index in [1.165, 1.54) is 44.6 Å². The van der Waals surface area contributed by atoms with Gasteiger partial charge < -0.3 is 14.8 Å². The molecular formula is C28H27N7O5S. The van der Waals surface area contributed by atoms with Crippen LogP contribution in [0.3, 0.4) is 0 Å². The summed E-state index contributed by atoms with van der Waals surface area (Å²) < 4.78 is 40.3. The molecule has 0 fully saturated rings. The first-order chi connectivity index (χ1) is 19.7. The summed E-state index contributed by atoms with van der Waals surface area (Å²) in [6.45, 7) is 4.69. The molecule has 12 nitrogen and oxygen atoms in total. The second-order valence-electron chi connectivity index (χ2n) is 8.90. The third kappa shape index (κ3) is 5.65. The summed E-state index contributed by atoms with van der Waals surface area (Å²) in [5.41, 5.74) is 3.94. The van der Waals surface area contributed by atoms with Crippen molar-refractivity contribution >= 4 is 38.3 Å². The van der Waals surface area contributed by atoms with Crippen LogP contribution in [0.2, 0.25) is 0 Å². The molecule has 0 aliphatic carbocycles. The van der Waals surface area contributed by atoms with E-state index in [0.29, 0.717) is 27.8 Å². The third-order valence-electron chi connectivity index (χ3n) is 6.37. The largest absolute Gasteiger partial charge is 0.481 e. The minimum atomic E-state index is -4.01. The average Bonchev–Trinajstić information content (AvgIpc) is 3.36. The molecule has 0 unspecified atom stereocenters. The molecule has 0 atom stereocenters. The molecule has 0 saturated heterocycles. The van der Waals surface area contributed by atoms with Gasteiger partial charge in [-0.3, -0.25) is 14.2 Å². The number of carbonyl (C=O) groups excluding carboxylic acids is 1. The van der Waals surface area contributed by atoms with Crippen molar-refractivity contribution in [2.24, 2.45) is 0 Å². The van der Waals surface area contributed by atoms with Crippen molar-refractivity contribution in [1.29, 1.82) is 0 Å². The molecule has 5 rings (SSSR count). The fraction of sp³-hybridized carbons (Fsp3) is 0.179. The van der Waals surface area contributed by atoms with Gasteiger partial charge >= 0.3 is 6.01 Å². The molecule has 0 radical (unpaired) electrons. The second kappa shape index (κ2) is 11.2. The highest BCUT2D eigenvalue weighted by Crippen LogP contribution is 2.28. The van der Waals surface area contributed by atoms with E-state index < -0.39 is 10.0 Å². The Morgan fingerprint density at radius 3 is 2.41 bits per heavy atom. The topological polar surface area (TPSA) is 150 Å². The smallest absolute Gasteiger partial charge is 0.321 e. The number of pyridine rings is 1. The van der Waals surface area contributed by atoms with Gasteiger partial charge in [-0.05, 0) is 50.2 Å². The Morgan fingerprint density at radius 1 is 0.976 bits per heavy atom. The number of nitrogens with one attached hydrogen (secondary N) is 2. The van der Waals surface area contributed by atoms with E-state index in [2.05, 4.69) is 25.1 Å². The summed E-state index contributed by atoms with van der Waals surface area (Å²) in [5, 5.41) is 7.96. The predicted octanol–water partition coefficient (Wildman–Crippen LogP) is 4.29. The molecule has 0 saturated carbocycles. The average molecular weight is 574 g/mol. The number of aromatic nitrogens is 5. The van der Waals surface area contributed by atoms with Crippen LogP contribution >= 0.6 is 0 Å². The zero-order valence-corrected chi connectivity index (χ0v) is 23.6. The molecule has 3 heterocycles. The highest BCUT2D eigenvalue weighted by atomic mass is 32.2. The summed E-state index contributed by atoms with van der Waals surface area (Å²) >= 11 is 0. The zero-order valence-electron chi connectivity index (χ0n) is 22.7. The predicted molar refractivity (Wildman–Crippen MR) is 154 cm³/mol. The van der Waals surface area contributed by atoms with Crippen LogP contribution in [0.15, 0.2) is 71.8 Å². The summed E-state index contributed by atoms with van der Waals surface area (Å²) in [6.07, 6.45) is 1.75. The number of rotatable bonds is 9. The lowest BCUT2D eigenvalue weighted by Crippen LogP contribution is -2.15. The lowest BCUT2D eigenvalue weighted by molar-refractivity contribution is 0.102. The molecule has 2 aromatic carbocycles. The van der Waals surface area contributed by atoms with Crippen molar-refractivity contribution in [2.45, 2.75) is 25.3 Å². The number of anilines is 2. The van der Waals surface area contributed by atoms with E-state index in [-0.39, 0.29) is 28.5 Å². The number of ether oxygens (including phenoxy) is 2. The summed E-state index contributed by atoms with van der Waals surface area (Å²) in [6, 6.07) is 16.2. The maximum atomic E-state index is 13.5. The van der Waals surface area contributed by atoms with Crippen molar-refractivity contribution < 1.29 is 22.7 Å². The van der Waals surface area contributed by atoms with Gasteiger partial charge in [0.15, 0.2) is 5.82 Å². The Bertz CT molecular complexity index is 1830. The van der Waals surface area contributed by atoms with Gasteiger partial charge in [0.1, 0.15) is 0 Å². The molecular weight excluding hydrogens is 546 g/mol. The Labute approximate surface area is 236 Å². The van der Waals surface area contributed by atoms with Gasteiger partial charge in [0.05, 0.1) is 42.1 Å². The van der Waals surface area contributed by atoms with Gasteiger partial charge in [-0.15, -0.1) is 0 Å². The summed E-state index contributed by atoms with van der Waals surface area (Å²) in [5.74, 6) is -0.251. The third-order valence-corrected chi connectivity index (χ3v) is 7.75. The second-order valence-corrected chi connectivity index (χ2v) is 10.6. The highest BCUT2D eigenvalue weighted by Gasteiger charge is 2.19. The maximum absolute atomic E-state index is 13.5. The van der Waals surface area contributed by atoms with Crippen LogP contribution < -0.4 is 19.5 Å². The first-order valence-corrected chi connectivity index (χ1v) is 14.0. The minimum absolute atomic E-state index is 0.0221. The molecule has 3 aromatic heterocycles. The molecule has 5 aromatic rings. The Kier molecular flexibility index (Phi) is 7.53. The van der Waals surface area contributed by atoms with Gasteiger partial charge in [0.25, 0.3) is 15.9 Å². The van der Waals surface area contributed by atoms with Crippen LogP contribution in [0.5, 0.6) is 11.9 Å². The monoisotopic (exact) mass is 573 g/mol. The quantitative estimate of drug-likeness (QED) is 0.263. The van der Waals surface area contributed by atoms with E-state index in [4.69, 9.17) is 14.5 Å². The van der Waals surface area contributed by atoms with E-state index >= 15 is 0 Å². The number of nitrogens with zero attached hydrogens (tertiary/aromatic N) is 5. The van der Waals surface area contributed by atoms with Crippen LogP contribution in [0.4, 0.5) is 11.5 Å². The number of sulfonamides is 1. The van der Waals surface area contributed by atoms with Gasteiger partial charge in [-0.2, -0.15) is 15.1 Å². The van der Waals surface area contributed by atoms with Crippen LogP contribution in [0, 0.1) is 6.92 Å². The number of hydrogen-bond acceptors (Lipinski definition) is 9. The first-order valence-electron chi connectivity index (χ1n) is 12.6. The van der Waals surface area contributed by atoms with E-state index in [1.54, 1.807) is 12.3 Å². The van der Waals surface area contributed by atoms with Crippen molar-refractivity contribution in [1.82, 2.24) is 24.7 Å². The van der Waals surface area contributed by atoms with Crippen molar-refractivity contribution in [2.75, 3.05) is 24.3 Å². The van der Waals surface area contributed by atoms with E-state index in [9.17, 15) is 13.2 Å². The number of carbonyl (C=O) groups is 1. The number of methoxy groups -OCH3 is 2. The first kappa shape index (κ1) is 27.5. The molecule has 0 aliphatic heterocycles. The lowest BCUT2D eigenvalue weighted by Gasteiger charge is -2.12. The number of para-hydroxylation sites is 1.